The predicted octanol–water partition coefficient (Wildman–Crippen LogP) is 2.70. The second kappa shape index (κ2) is 8.92. The molecule has 4 aliphatic rings. The van der Waals surface area contributed by atoms with Crippen LogP contribution in [0.3, 0.4) is 0 Å². The number of guanidine groups is 1. The molecule has 0 spiro atoms. The molecule has 31 heavy (non-hydrogen) atoms. The van der Waals surface area contributed by atoms with Crippen LogP contribution in [0, 0.1) is 23.7 Å². The monoisotopic (exact) mass is 534 g/mol. The zero-order valence-electron chi connectivity index (χ0n) is 17.9. The molecule has 6 nitrogen and oxygen atoms in total. The molecule has 2 saturated carbocycles. The second-order valence-corrected chi connectivity index (χ2v) is 9.18. The number of nitrogens with one attached hydrogen (secondary N) is 2. The van der Waals surface area contributed by atoms with Gasteiger partial charge in [0.15, 0.2) is 5.96 Å². The maximum absolute atomic E-state index is 12.7. The van der Waals surface area contributed by atoms with Crippen molar-refractivity contribution in [3.05, 3.63) is 48.0 Å². The molecule has 1 aliphatic heterocycles. The van der Waals surface area contributed by atoms with E-state index in [1.807, 2.05) is 0 Å². The summed E-state index contributed by atoms with van der Waals surface area (Å²) < 4.78 is 0. The number of carbonyl (C=O) groups is 2. The number of nitrogens with zero attached hydrogens (tertiary/aromatic N) is 2. The van der Waals surface area contributed by atoms with Crippen LogP contribution in [-0.4, -0.2) is 49.4 Å². The average Bonchev–Trinajstić information content (AvgIpc) is 3.16. The van der Waals surface area contributed by atoms with Crippen LogP contribution < -0.4 is 10.6 Å². The standard InChI is InChI=1S/C24H30N4O2.HI/c1-25-23(27-15-24(10-11-24)18-6-3-2-4-7-18)26-12-5-13-28-21(29)19-16-8-9-17(14-16)20(19)22(28)30;/h2-4,6-9,16-17,19-20H,5,10-15H2,1H3,(H2,25,26,27);1H. The van der Waals surface area contributed by atoms with Crippen molar-refractivity contribution in [2.75, 3.05) is 26.7 Å². The first-order valence-electron chi connectivity index (χ1n) is 11.2. The largest absolute Gasteiger partial charge is 0.356 e. The average molecular weight is 534 g/mol. The fraction of sp³-hybridized carbons (Fsp3) is 0.542. The van der Waals surface area contributed by atoms with Gasteiger partial charge in [0.1, 0.15) is 0 Å². The molecule has 1 heterocycles. The van der Waals surface area contributed by atoms with E-state index in [1.54, 1.807) is 7.05 Å². The van der Waals surface area contributed by atoms with E-state index in [-0.39, 0.29) is 64.9 Å². The summed E-state index contributed by atoms with van der Waals surface area (Å²) in [5, 5.41) is 6.78. The van der Waals surface area contributed by atoms with Gasteiger partial charge in [-0.2, -0.15) is 0 Å². The van der Waals surface area contributed by atoms with Gasteiger partial charge in [-0.15, -0.1) is 24.0 Å². The fourth-order valence-corrected chi connectivity index (χ4v) is 5.61. The van der Waals surface area contributed by atoms with Gasteiger partial charge >= 0.3 is 0 Å². The maximum atomic E-state index is 12.7. The van der Waals surface area contributed by atoms with E-state index < -0.39 is 0 Å². The number of carbonyl (C=O) groups excluding carboxylic acids is 2. The van der Waals surface area contributed by atoms with E-state index in [0.29, 0.717) is 13.1 Å². The SMILES string of the molecule is CN=C(NCCCN1C(=O)C2C3C=CC(C3)C2C1=O)NCC1(c2ccccc2)CC1.I. The molecule has 2 bridgehead atoms. The lowest BCUT2D eigenvalue weighted by atomic mass is 9.85. The normalized spacial score (nSPS) is 29.7. The van der Waals surface area contributed by atoms with Crippen LogP contribution in [0.25, 0.3) is 0 Å². The number of allylic oxidation sites excluding steroid dienone is 2. The first kappa shape index (κ1) is 22.3. The van der Waals surface area contributed by atoms with Crippen molar-refractivity contribution in [2.24, 2.45) is 28.7 Å². The van der Waals surface area contributed by atoms with Crippen LogP contribution >= 0.6 is 24.0 Å². The zero-order chi connectivity index (χ0) is 20.7. The molecule has 7 heteroatoms. The molecule has 2 amide bonds. The van der Waals surface area contributed by atoms with Crippen molar-refractivity contribution < 1.29 is 9.59 Å². The number of imide groups is 1. The molecule has 5 rings (SSSR count). The lowest BCUT2D eigenvalue weighted by molar-refractivity contribution is -0.140. The number of amides is 2. The van der Waals surface area contributed by atoms with Gasteiger partial charge in [0.2, 0.25) is 11.8 Å². The Morgan fingerprint density at radius 2 is 1.71 bits per heavy atom. The fourth-order valence-electron chi connectivity index (χ4n) is 5.61. The molecule has 1 saturated heterocycles. The van der Waals surface area contributed by atoms with Crippen LogP contribution in [0.1, 0.15) is 31.2 Å². The third kappa shape index (κ3) is 4.01. The van der Waals surface area contributed by atoms with Crippen LogP contribution in [0.5, 0.6) is 0 Å². The predicted molar refractivity (Wildman–Crippen MR) is 131 cm³/mol. The smallest absolute Gasteiger partial charge is 0.233 e. The number of hydrogen-bond donors (Lipinski definition) is 2. The second-order valence-electron chi connectivity index (χ2n) is 9.18. The number of likely N-dealkylation sites (tertiary alicyclic amines) is 1. The van der Waals surface area contributed by atoms with E-state index in [9.17, 15) is 9.59 Å². The van der Waals surface area contributed by atoms with E-state index in [4.69, 9.17) is 0 Å². The Morgan fingerprint density at radius 3 is 2.29 bits per heavy atom. The van der Waals surface area contributed by atoms with Crippen molar-refractivity contribution in [2.45, 2.75) is 31.1 Å². The number of fused-ring (bicyclic) bond motifs is 5. The number of hydrogen-bond acceptors (Lipinski definition) is 3. The van der Waals surface area contributed by atoms with Gasteiger partial charge in [-0.1, -0.05) is 42.5 Å². The molecule has 1 aromatic carbocycles. The number of aliphatic imine (C=N–C) groups is 1. The van der Waals surface area contributed by atoms with Crippen molar-refractivity contribution in [3.63, 3.8) is 0 Å². The van der Waals surface area contributed by atoms with Gasteiger partial charge < -0.3 is 10.6 Å². The molecule has 2 N–H and O–H groups in total. The molecule has 0 radical (unpaired) electrons. The molecule has 4 unspecified atom stereocenters. The Morgan fingerprint density at radius 1 is 1.06 bits per heavy atom. The molecule has 4 atom stereocenters. The Bertz CT molecular complexity index is 866. The van der Waals surface area contributed by atoms with Gasteiger partial charge in [0.25, 0.3) is 0 Å². The minimum atomic E-state index is -0.0948. The van der Waals surface area contributed by atoms with Crippen LogP contribution in [0.2, 0.25) is 0 Å². The van der Waals surface area contributed by atoms with Gasteiger partial charge in [-0.3, -0.25) is 19.5 Å². The third-order valence-corrected chi connectivity index (χ3v) is 7.47. The zero-order valence-corrected chi connectivity index (χ0v) is 20.3. The first-order valence-corrected chi connectivity index (χ1v) is 11.2. The summed E-state index contributed by atoms with van der Waals surface area (Å²) >= 11 is 0. The summed E-state index contributed by atoms with van der Waals surface area (Å²) in [6, 6.07) is 10.6. The Hall–Kier alpha value is -1.90. The van der Waals surface area contributed by atoms with Crippen molar-refractivity contribution in [1.29, 1.82) is 0 Å². The molecule has 1 aromatic rings. The van der Waals surface area contributed by atoms with E-state index in [2.05, 4.69) is 58.1 Å². The van der Waals surface area contributed by atoms with E-state index >= 15 is 0 Å². The van der Waals surface area contributed by atoms with Gasteiger partial charge in [-0.25, -0.2) is 0 Å². The number of benzene rings is 1. The summed E-state index contributed by atoms with van der Waals surface area (Å²) in [7, 11) is 1.77. The summed E-state index contributed by atoms with van der Waals surface area (Å²) in [6.07, 6.45) is 8.37. The number of halogens is 1. The summed E-state index contributed by atoms with van der Waals surface area (Å²) in [4.78, 5) is 31.3. The van der Waals surface area contributed by atoms with E-state index in [0.717, 1.165) is 25.3 Å². The summed E-state index contributed by atoms with van der Waals surface area (Å²) in [5.41, 5.74) is 1.60. The minimum Gasteiger partial charge on any atom is -0.356 e. The molecular formula is C24H31IN4O2. The highest BCUT2D eigenvalue weighted by molar-refractivity contribution is 14.0. The Balaban J connectivity index is 0.00000231. The lowest BCUT2D eigenvalue weighted by Crippen LogP contribution is -2.42. The molecular weight excluding hydrogens is 503 g/mol. The highest BCUT2D eigenvalue weighted by Crippen LogP contribution is 2.52. The minimum absolute atomic E-state index is 0. The highest BCUT2D eigenvalue weighted by Gasteiger charge is 2.58. The van der Waals surface area contributed by atoms with Gasteiger partial charge in [-0.05, 0) is 43.1 Å². The molecule has 3 fully saturated rings. The summed E-state index contributed by atoms with van der Waals surface area (Å²) in [5.74, 6) is 1.23. The molecule has 0 aromatic heterocycles. The van der Waals surface area contributed by atoms with Crippen molar-refractivity contribution in [1.82, 2.24) is 15.5 Å². The van der Waals surface area contributed by atoms with E-state index in [1.165, 1.54) is 23.3 Å². The maximum Gasteiger partial charge on any atom is 0.233 e. The lowest BCUT2D eigenvalue weighted by Gasteiger charge is -2.20. The van der Waals surface area contributed by atoms with Crippen LogP contribution in [0.4, 0.5) is 0 Å². The highest BCUT2D eigenvalue weighted by atomic mass is 127. The Kier molecular flexibility index (Phi) is 6.42. The topological polar surface area (TPSA) is 73.8 Å². The van der Waals surface area contributed by atoms with Crippen LogP contribution in [-0.2, 0) is 15.0 Å². The number of rotatable bonds is 7. The third-order valence-electron chi connectivity index (χ3n) is 7.47. The van der Waals surface area contributed by atoms with Crippen molar-refractivity contribution >= 4 is 41.8 Å². The van der Waals surface area contributed by atoms with Gasteiger partial charge in [0, 0.05) is 32.1 Å². The van der Waals surface area contributed by atoms with Gasteiger partial charge in [0.05, 0.1) is 11.8 Å². The summed E-state index contributed by atoms with van der Waals surface area (Å²) in [6.45, 7) is 2.02. The molecule has 3 aliphatic carbocycles. The molecule has 166 valence electrons. The first-order chi connectivity index (χ1) is 14.6. The Labute approximate surface area is 201 Å². The van der Waals surface area contributed by atoms with Crippen LogP contribution in [0.15, 0.2) is 47.5 Å². The quantitative estimate of drug-likeness (QED) is 0.141. The van der Waals surface area contributed by atoms with Crippen molar-refractivity contribution in [3.8, 4) is 0 Å².